The number of carboxylic acids is 1. The molecule has 2 heterocycles. The molecule has 0 radical (unpaired) electrons. The van der Waals surface area contributed by atoms with Gasteiger partial charge in [-0.3, -0.25) is 4.79 Å². The number of pyridine rings is 1. The number of halogens is 1. The number of aromatic amines is 1. The Hall–Kier alpha value is -3.75. The maximum atomic E-state index is 11.2. The molecule has 0 amide bonds. The zero-order valence-corrected chi connectivity index (χ0v) is 19.8. The lowest BCUT2D eigenvalue weighted by atomic mass is 9.95. The van der Waals surface area contributed by atoms with Crippen molar-refractivity contribution in [3.05, 3.63) is 94.4 Å². The van der Waals surface area contributed by atoms with E-state index >= 15 is 0 Å². The van der Waals surface area contributed by atoms with E-state index in [1.54, 1.807) is 19.2 Å². The van der Waals surface area contributed by atoms with Crippen molar-refractivity contribution in [1.29, 1.82) is 0 Å². The van der Waals surface area contributed by atoms with Gasteiger partial charge in [0.25, 0.3) is 0 Å². The summed E-state index contributed by atoms with van der Waals surface area (Å²) in [5, 5.41) is 10.8. The summed E-state index contributed by atoms with van der Waals surface area (Å²) in [4.78, 5) is 18.8. The fourth-order valence-electron chi connectivity index (χ4n) is 4.14. The van der Waals surface area contributed by atoms with Gasteiger partial charge in [0.1, 0.15) is 17.0 Å². The number of H-pyrrole nitrogens is 1. The van der Waals surface area contributed by atoms with E-state index in [-0.39, 0.29) is 18.4 Å². The summed E-state index contributed by atoms with van der Waals surface area (Å²) in [6, 6.07) is 17.5. The van der Waals surface area contributed by atoms with Crippen molar-refractivity contribution in [3.63, 3.8) is 0 Å². The van der Waals surface area contributed by atoms with Gasteiger partial charge in [-0.15, -0.1) is 5.92 Å². The summed E-state index contributed by atoms with van der Waals surface area (Å²) in [7, 11) is 0. The number of nitrogens with one attached hydrogen (secondary N) is 1. The van der Waals surface area contributed by atoms with Crippen molar-refractivity contribution in [2.24, 2.45) is 0 Å². The Kier molecular flexibility index (Phi) is 7.20. The number of nitrogens with zero attached hydrogens (tertiary/aromatic N) is 1. The maximum Gasteiger partial charge on any atom is 0.304 e. The SMILES string of the molecule is CC#CC(CC(=O)O)c1ccc(OC(Cc2ccc(Cl)nc2)c2ccc3cc[nH]c3c2C)cc1. The van der Waals surface area contributed by atoms with Crippen molar-refractivity contribution >= 4 is 28.5 Å². The van der Waals surface area contributed by atoms with Crippen LogP contribution in [-0.2, 0) is 11.2 Å². The van der Waals surface area contributed by atoms with Gasteiger partial charge in [0.15, 0.2) is 0 Å². The number of benzene rings is 2. The molecule has 2 aromatic carbocycles. The van der Waals surface area contributed by atoms with E-state index in [1.807, 2.05) is 36.5 Å². The molecule has 2 atom stereocenters. The first-order chi connectivity index (χ1) is 16.4. The molecule has 4 rings (SSSR count). The van der Waals surface area contributed by atoms with Crippen LogP contribution in [0.1, 0.15) is 47.6 Å². The van der Waals surface area contributed by atoms with Gasteiger partial charge < -0.3 is 14.8 Å². The third kappa shape index (κ3) is 5.41. The van der Waals surface area contributed by atoms with Gasteiger partial charge in [-0.05, 0) is 65.8 Å². The number of aryl methyl sites for hydroxylation is 1. The standard InChI is InChI=1S/C28H25ClN2O3/c1-3-4-22(16-27(32)33)20-6-9-23(10-7-20)34-25(15-19-5-12-26(29)31-17-19)24-11-8-21-13-14-30-28(21)18(24)2/h5-14,17,22,25,30H,15-16H2,1-2H3,(H,32,33). The number of hydrogen-bond acceptors (Lipinski definition) is 3. The first kappa shape index (κ1) is 23.4. The quantitative estimate of drug-likeness (QED) is 0.227. The molecule has 2 N–H and O–H groups in total. The normalized spacial score (nSPS) is 12.6. The number of ether oxygens (including phenoxy) is 1. The highest BCUT2D eigenvalue weighted by molar-refractivity contribution is 6.29. The smallest absolute Gasteiger partial charge is 0.304 e. The number of aliphatic carboxylic acids is 1. The number of hydrogen-bond donors (Lipinski definition) is 2. The van der Waals surface area contributed by atoms with Crippen LogP contribution in [0.3, 0.4) is 0 Å². The minimum atomic E-state index is -0.875. The molecule has 2 aromatic heterocycles. The molecular formula is C28H25ClN2O3. The molecule has 0 aliphatic rings. The zero-order chi connectivity index (χ0) is 24.1. The van der Waals surface area contributed by atoms with Crippen LogP contribution >= 0.6 is 11.6 Å². The topological polar surface area (TPSA) is 75.2 Å². The fourth-order valence-corrected chi connectivity index (χ4v) is 4.25. The van der Waals surface area contributed by atoms with E-state index in [1.165, 1.54) is 0 Å². The maximum absolute atomic E-state index is 11.2. The summed E-state index contributed by atoms with van der Waals surface area (Å²) in [5.41, 5.74) is 5.16. The molecule has 2 unspecified atom stereocenters. The molecule has 172 valence electrons. The largest absolute Gasteiger partial charge is 0.485 e. The predicted octanol–water partition coefficient (Wildman–Crippen LogP) is 6.47. The second-order valence-electron chi connectivity index (χ2n) is 8.14. The lowest BCUT2D eigenvalue weighted by molar-refractivity contribution is -0.137. The van der Waals surface area contributed by atoms with Crippen LogP contribution in [-0.4, -0.2) is 21.0 Å². The van der Waals surface area contributed by atoms with Crippen LogP contribution in [0.4, 0.5) is 0 Å². The van der Waals surface area contributed by atoms with Crippen molar-refractivity contribution < 1.29 is 14.6 Å². The van der Waals surface area contributed by atoms with E-state index in [0.717, 1.165) is 33.2 Å². The highest BCUT2D eigenvalue weighted by atomic mass is 35.5. The molecule has 0 aliphatic heterocycles. The Bertz CT molecular complexity index is 1350. The van der Waals surface area contributed by atoms with Gasteiger partial charge in [0, 0.05) is 24.3 Å². The minimum Gasteiger partial charge on any atom is -0.485 e. The summed E-state index contributed by atoms with van der Waals surface area (Å²) in [6.45, 7) is 3.81. The average Bonchev–Trinajstić information content (AvgIpc) is 3.30. The van der Waals surface area contributed by atoms with E-state index in [4.69, 9.17) is 16.3 Å². The second-order valence-corrected chi connectivity index (χ2v) is 8.52. The first-order valence-corrected chi connectivity index (χ1v) is 11.4. The summed E-state index contributed by atoms with van der Waals surface area (Å²) < 4.78 is 6.49. The van der Waals surface area contributed by atoms with E-state index < -0.39 is 5.97 Å². The van der Waals surface area contributed by atoms with Crippen molar-refractivity contribution in [2.45, 2.75) is 38.7 Å². The van der Waals surface area contributed by atoms with Gasteiger partial charge in [-0.2, -0.15) is 0 Å². The van der Waals surface area contributed by atoms with Crippen LogP contribution in [0.15, 0.2) is 67.0 Å². The van der Waals surface area contributed by atoms with Gasteiger partial charge >= 0.3 is 5.97 Å². The van der Waals surface area contributed by atoms with E-state index in [0.29, 0.717) is 17.3 Å². The van der Waals surface area contributed by atoms with Crippen LogP contribution in [0.25, 0.3) is 10.9 Å². The molecule has 0 saturated carbocycles. The van der Waals surface area contributed by atoms with Crippen LogP contribution in [0.5, 0.6) is 5.75 Å². The Balaban J connectivity index is 1.64. The molecule has 5 nitrogen and oxygen atoms in total. The van der Waals surface area contributed by atoms with E-state index in [9.17, 15) is 9.90 Å². The minimum absolute atomic E-state index is 0.0391. The van der Waals surface area contributed by atoms with Crippen molar-refractivity contribution in [3.8, 4) is 17.6 Å². The predicted molar refractivity (Wildman–Crippen MR) is 134 cm³/mol. The fraction of sp³-hybridized carbons (Fsp3) is 0.214. The summed E-state index contributed by atoms with van der Waals surface area (Å²) >= 11 is 5.97. The lowest BCUT2D eigenvalue weighted by Crippen LogP contribution is -2.13. The Morgan fingerprint density at radius 3 is 2.62 bits per heavy atom. The van der Waals surface area contributed by atoms with E-state index in [2.05, 4.69) is 46.9 Å². The van der Waals surface area contributed by atoms with Gasteiger partial charge in [0.2, 0.25) is 0 Å². The molecule has 4 aromatic rings. The van der Waals surface area contributed by atoms with Crippen LogP contribution < -0.4 is 4.74 Å². The van der Waals surface area contributed by atoms with Crippen LogP contribution in [0, 0.1) is 18.8 Å². The molecule has 0 bridgehead atoms. The second kappa shape index (κ2) is 10.5. The van der Waals surface area contributed by atoms with Crippen molar-refractivity contribution in [1.82, 2.24) is 9.97 Å². The Labute approximate surface area is 203 Å². The van der Waals surface area contributed by atoms with Gasteiger partial charge in [-0.1, -0.05) is 47.9 Å². The number of carbonyl (C=O) groups is 1. The molecule has 0 fully saturated rings. The number of carboxylic acid groups (broad SMARTS) is 1. The molecular weight excluding hydrogens is 448 g/mol. The van der Waals surface area contributed by atoms with Crippen molar-refractivity contribution in [2.75, 3.05) is 0 Å². The molecule has 0 saturated heterocycles. The monoisotopic (exact) mass is 472 g/mol. The number of aromatic nitrogens is 2. The van der Waals surface area contributed by atoms with Crippen LogP contribution in [0.2, 0.25) is 5.15 Å². The Morgan fingerprint density at radius 1 is 1.15 bits per heavy atom. The molecule has 0 spiro atoms. The average molecular weight is 473 g/mol. The number of fused-ring (bicyclic) bond motifs is 1. The first-order valence-electron chi connectivity index (χ1n) is 11.0. The summed E-state index contributed by atoms with van der Waals surface area (Å²) in [6.07, 6.45) is 4.02. The molecule has 6 heteroatoms. The van der Waals surface area contributed by atoms with Gasteiger partial charge in [-0.25, -0.2) is 4.98 Å². The zero-order valence-electron chi connectivity index (χ0n) is 19.0. The lowest BCUT2D eigenvalue weighted by Gasteiger charge is -2.22. The highest BCUT2D eigenvalue weighted by Gasteiger charge is 2.20. The molecule has 0 aliphatic carbocycles. The highest BCUT2D eigenvalue weighted by Crippen LogP contribution is 2.32. The van der Waals surface area contributed by atoms with Gasteiger partial charge in [0.05, 0.1) is 12.3 Å². The third-order valence-corrected chi connectivity index (χ3v) is 6.07. The number of rotatable bonds is 8. The summed E-state index contributed by atoms with van der Waals surface area (Å²) in [5.74, 6) is 5.27. The Morgan fingerprint density at radius 2 is 1.94 bits per heavy atom. The molecule has 34 heavy (non-hydrogen) atoms. The third-order valence-electron chi connectivity index (χ3n) is 5.84.